The number of hydrogen-bond donors (Lipinski definition) is 2. The summed E-state index contributed by atoms with van der Waals surface area (Å²) in [6.45, 7) is 2.95. The Bertz CT molecular complexity index is 377. The van der Waals surface area contributed by atoms with Gasteiger partial charge in [-0.1, -0.05) is 13.3 Å². The van der Waals surface area contributed by atoms with Crippen LogP contribution < -0.4 is 10.6 Å². The quantitative estimate of drug-likeness (QED) is 0.749. The monoisotopic (exact) mass is 222 g/mol. The number of rotatable bonds is 5. The van der Waals surface area contributed by atoms with Gasteiger partial charge >= 0.3 is 5.97 Å². The normalized spacial score (nSPS) is 10.1. The Hall–Kier alpha value is -1.71. The molecule has 3 N–H and O–H groups in total. The SMILES string of the molecule is CCCCN(C)c1ccc(N)cc1C(=O)O. The van der Waals surface area contributed by atoms with Gasteiger partial charge in [-0.2, -0.15) is 0 Å². The van der Waals surface area contributed by atoms with Gasteiger partial charge in [0.15, 0.2) is 0 Å². The lowest BCUT2D eigenvalue weighted by molar-refractivity contribution is 0.0697. The van der Waals surface area contributed by atoms with Crippen LogP contribution in [0.4, 0.5) is 11.4 Å². The molecule has 0 atom stereocenters. The lowest BCUT2D eigenvalue weighted by Gasteiger charge is -2.21. The summed E-state index contributed by atoms with van der Waals surface area (Å²) in [6, 6.07) is 4.98. The van der Waals surface area contributed by atoms with Crippen LogP contribution in [-0.4, -0.2) is 24.7 Å². The van der Waals surface area contributed by atoms with E-state index in [4.69, 9.17) is 10.8 Å². The number of aromatic carboxylic acids is 1. The highest BCUT2D eigenvalue weighted by Crippen LogP contribution is 2.22. The first-order valence-corrected chi connectivity index (χ1v) is 5.40. The number of nitrogens with zero attached hydrogens (tertiary/aromatic N) is 1. The Morgan fingerprint density at radius 2 is 2.19 bits per heavy atom. The summed E-state index contributed by atoms with van der Waals surface area (Å²) >= 11 is 0. The highest BCUT2D eigenvalue weighted by Gasteiger charge is 2.13. The molecule has 0 saturated heterocycles. The molecule has 1 aromatic rings. The van der Waals surface area contributed by atoms with Gasteiger partial charge in [0.05, 0.1) is 11.3 Å². The molecular formula is C12H18N2O2. The highest BCUT2D eigenvalue weighted by molar-refractivity contribution is 5.95. The van der Waals surface area contributed by atoms with Crippen molar-refractivity contribution < 1.29 is 9.90 Å². The van der Waals surface area contributed by atoms with Gasteiger partial charge in [0.2, 0.25) is 0 Å². The average Bonchev–Trinajstić information content (AvgIpc) is 2.25. The maximum atomic E-state index is 11.1. The molecule has 88 valence electrons. The summed E-state index contributed by atoms with van der Waals surface area (Å²) in [5, 5.41) is 9.08. The fourth-order valence-corrected chi connectivity index (χ4v) is 1.57. The van der Waals surface area contributed by atoms with Gasteiger partial charge in [-0.3, -0.25) is 0 Å². The van der Waals surface area contributed by atoms with Crippen molar-refractivity contribution in [3.63, 3.8) is 0 Å². The number of nitrogen functional groups attached to an aromatic ring is 1. The molecule has 0 fully saturated rings. The number of carbonyl (C=O) groups is 1. The molecule has 16 heavy (non-hydrogen) atoms. The lowest BCUT2D eigenvalue weighted by atomic mass is 10.1. The zero-order valence-corrected chi connectivity index (χ0v) is 9.73. The Kier molecular flexibility index (Phi) is 4.17. The molecule has 0 saturated carbocycles. The maximum Gasteiger partial charge on any atom is 0.337 e. The van der Waals surface area contributed by atoms with Gasteiger partial charge in [0.25, 0.3) is 0 Å². The zero-order chi connectivity index (χ0) is 12.1. The van der Waals surface area contributed by atoms with Crippen molar-refractivity contribution in [3.8, 4) is 0 Å². The van der Waals surface area contributed by atoms with Crippen LogP contribution >= 0.6 is 0 Å². The molecule has 0 aliphatic rings. The molecule has 4 heteroatoms. The zero-order valence-electron chi connectivity index (χ0n) is 9.73. The Balaban J connectivity index is 2.98. The number of carboxylic acid groups (broad SMARTS) is 1. The van der Waals surface area contributed by atoms with Crippen LogP contribution in [0.15, 0.2) is 18.2 Å². The van der Waals surface area contributed by atoms with Crippen molar-refractivity contribution in [1.82, 2.24) is 0 Å². The van der Waals surface area contributed by atoms with Gasteiger partial charge < -0.3 is 15.7 Å². The van der Waals surface area contributed by atoms with Crippen LogP contribution in [0.2, 0.25) is 0 Å². The van der Waals surface area contributed by atoms with E-state index in [-0.39, 0.29) is 5.56 Å². The Morgan fingerprint density at radius 3 is 2.75 bits per heavy atom. The molecule has 0 spiro atoms. The summed E-state index contributed by atoms with van der Waals surface area (Å²) in [5.74, 6) is -0.939. The van der Waals surface area contributed by atoms with Crippen LogP contribution in [0.25, 0.3) is 0 Å². The second kappa shape index (κ2) is 5.39. The highest BCUT2D eigenvalue weighted by atomic mass is 16.4. The molecule has 0 unspecified atom stereocenters. The van der Waals surface area contributed by atoms with Crippen molar-refractivity contribution >= 4 is 17.3 Å². The van der Waals surface area contributed by atoms with Gasteiger partial charge in [0, 0.05) is 19.3 Å². The van der Waals surface area contributed by atoms with Gasteiger partial charge in [-0.25, -0.2) is 4.79 Å². The first-order valence-electron chi connectivity index (χ1n) is 5.40. The molecule has 1 rings (SSSR count). The molecule has 0 radical (unpaired) electrons. The summed E-state index contributed by atoms with van der Waals surface area (Å²) in [4.78, 5) is 13.0. The number of unbranched alkanes of at least 4 members (excludes halogenated alkanes) is 1. The number of anilines is 2. The third kappa shape index (κ3) is 2.89. The van der Waals surface area contributed by atoms with E-state index >= 15 is 0 Å². The Labute approximate surface area is 95.7 Å². The van der Waals surface area contributed by atoms with E-state index in [1.54, 1.807) is 12.1 Å². The first-order chi connectivity index (χ1) is 7.56. The summed E-state index contributed by atoms with van der Waals surface area (Å²) in [5.41, 5.74) is 7.04. The van der Waals surface area contributed by atoms with E-state index in [2.05, 4.69) is 6.92 Å². The van der Waals surface area contributed by atoms with E-state index in [1.165, 1.54) is 6.07 Å². The molecule has 0 aromatic heterocycles. The molecule has 0 aliphatic heterocycles. The van der Waals surface area contributed by atoms with E-state index in [9.17, 15) is 4.79 Å². The minimum Gasteiger partial charge on any atom is -0.478 e. The molecule has 0 bridgehead atoms. The second-order valence-electron chi connectivity index (χ2n) is 3.86. The summed E-state index contributed by atoms with van der Waals surface area (Å²) in [6.07, 6.45) is 2.13. The molecule has 0 aliphatic carbocycles. The molecule has 1 aromatic carbocycles. The van der Waals surface area contributed by atoms with Crippen LogP contribution in [-0.2, 0) is 0 Å². The standard InChI is InChI=1S/C12H18N2O2/c1-3-4-7-14(2)11-6-5-9(13)8-10(11)12(15)16/h5-6,8H,3-4,7,13H2,1-2H3,(H,15,16). The van der Waals surface area contributed by atoms with E-state index in [0.29, 0.717) is 5.69 Å². The smallest absolute Gasteiger partial charge is 0.337 e. The fourth-order valence-electron chi connectivity index (χ4n) is 1.57. The predicted molar refractivity (Wildman–Crippen MR) is 66.0 cm³/mol. The van der Waals surface area contributed by atoms with Gasteiger partial charge in [0.1, 0.15) is 0 Å². The fraction of sp³-hybridized carbons (Fsp3) is 0.417. The summed E-state index contributed by atoms with van der Waals surface area (Å²) in [7, 11) is 1.90. The van der Waals surface area contributed by atoms with E-state index < -0.39 is 5.97 Å². The van der Waals surface area contributed by atoms with Gasteiger partial charge in [-0.05, 0) is 24.6 Å². The van der Waals surface area contributed by atoms with Crippen LogP contribution in [0.1, 0.15) is 30.1 Å². The largest absolute Gasteiger partial charge is 0.478 e. The number of hydrogen-bond acceptors (Lipinski definition) is 3. The van der Waals surface area contributed by atoms with Crippen LogP contribution in [0.3, 0.4) is 0 Å². The minimum atomic E-state index is -0.939. The Morgan fingerprint density at radius 1 is 1.50 bits per heavy atom. The first kappa shape index (κ1) is 12.4. The van der Waals surface area contributed by atoms with Gasteiger partial charge in [-0.15, -0.1) is 0 Å². The number of carboxylic acids is 1. The minimum absolute atomic E-state index is 0.263. The number of nitrogens with two attached hydrogens (primary N) is 1. The van der Waals surface area contributed by atoms with Crippen LogP contribution in [0, 0.1) is 0 Å². The van der Waals surface area contributed by atoms with Crippen molar-refractivity contribution in [1.29, 1.82) is 0 Å². The molecule has 0 amide bonds. The average molecular weight is 222 g/mol. The maximum absolute atomic E-state index is 11.1. The second-order valence-corrected chi connectivity index (χ2v) is 3.86. The molecular weight excluding hydrogens is 204 g/mol. The summed E-state index contributed by atoms with van der Waals surface area (Å²) < 4.78 is 0. The van der Waals surface area contributed by atoms with Crippen LogP contribution in [0.5, 0.6) is 0 Å². The molecule has 0 heterocycles. The topological polar surface area (TPSA) is 66.6 Å². The number of benzene rings is 1. The third-order valence-corrected chi connectivity index (χ3v) is 2.51. The van der Waals surface area contributed by atoms with Crippen molar-refractivity contribution in [2.75, 3.05) is 24.2 Å². The van der Waals surface area contributed by atoms with Crippen molar-refractivity contribution in [2.45, 2.75) is 19.8 Å². The predicted octanol–water partition coefficient (Wildman–Crippen LogP) is 2.20. The van der Waals surface area contributed by atoms with Crippen molar-refractivity contribution in [2.24, 2.45) is 0 Å². The third-order valence-electron chi connectivity index (χ3n) is 2.51. The van der Waals surface area contributed by atoms with Crippen molar-refractivity contribution in [3.05, 3.63) is 23.8 Å². The molecule has 4 nitrogen and oxygen atoms in total. The van der Waals surface area contributed by atoms with E-state index in [0.717, 1.165) is 25.1 Å². The lowest BCUT2D eigenvalue weighted by Crippen LogP contribution is -2.21. The van der Waals surface area contributed by atoms with E-state index in [1.807, 2.05) is 11.9 Å².